The van der Waals surface area contributed by atoms with Gasteiger partial charge in [-0.15, -0.1) is 0 Å². The average Bonchev–Trinajstić information content (AvgIpc) is 3.36. The number of sulfonamides is 1. The van der Waals surface area contributed by atoms with Crippen LogP contribution in [0.3, 0.4) is 0 Å². The Bertz CT molecular complexity index is 1540. The molecule has 10 nitrogen and oxygen atoms in total. The molecule has 2 aromatic heterocycles. The highest BCUT2D eigenvalue weighted by Gasteiger charge is 2.30. The first kappa shape index (κ1) is 27.1. The van der Waals surface area contributed by atoms with E-state index in [-0.39, 0.29) is 23.5 Å². The van der Waals surface area contributed by atoms with Crippen molar-refractivity contribution in [3.63, 3.8) is 0 Å². The molecule has 1 atom stereocenters. The molecule has 0 radical (unpaired) electrons. The Labute approximate surface area is 225 Å². The van der Waals surface area contributed by atoms with Crippen molar-refractivity contribution in [2.45, 2.75) is 56.7 Å². The smallest absolute Gasteiger partial charge is 0.341 e. The summed E-state index contributed by atoms with van der Waals surface area (Å²) in [6.45, 7) is 0.926. The second-order valence-electron chi connectivity index (χ2n) is 10.3. The summed E-state index contributed by atoms with van der Waals surface area (Å²) in [7, 11) is -3.35. The largest absolute Gasteiger partial charge is 0.477 e. The van der Waals surface area contributed by atoms with Gasteiger partial charge in [0.25, 0.3) is 0 Å². The number of anilines is 1. The van der Waals surface area contributed by atoms with Gasteiger partial charge in [0, 0.05) is 42.5 Å². The van der Waals surface area contributed by atoms with Crippen LogP contribution in [0.25, 0.3) is 10.9 Å². The molecule has 2 aliphatic rings. The van der Waals surface area contributed by atoms with Crippen LogP contribution in [0, 0.1) is 5.82 Å². The Morgan fingerprint density at radius 3 is 2.64 bits per heavy atom. The lowest BCUT2D eigenvalue weighted by Crippen LogP contribution is -2.37. The van der Waals surface area contributed by atoms with Gasteiger partial charge in [-0.25, -0.2) is 27.3 Å². The standard InChI is InChI=1S/C27H31FN4O6S/c1-39(36,37)30-17-7-9-18(10-8-17)32-15-21(27(34)35)26(33)20-13-22(28)24(14-23(20)32)31-12-4-5-19(31)16-38-25-6-2-3-11-29-25/h2-3,6,11,13-15,17-19,30H,4-5,7-10,12,16H2,1H3,(H,34,35)/t17?,18?,19-/m1/s1. The van der Waals surface area contributed by atoms with E-state index in [1.807, 2.05) is 11.0 Å². The second kappa shape index (κ2) is 10.9. The molecule has 1 saturated carbocycles. The number of hydrogen-bond donors (Lipinski definition) is 2. The molecule has 0 amide bonds. The number of hydrogen-bond acceptors (Lipinski definition) is 7. The molecule has 1 aromatic carbocycles. The first-order valence-corrected chi connectivity index (χ1v) is 14.9. The molecule has 1 aliphatic heterocycles. The fourth-order valence-corrected chi connectivity index (χ4v) is 6.59. The van der Waals surface area contributed by atoms with E-state index in [2.05, 4.69) is 9.71 Å². The molecule has 0 bridgehead atoms. The number of carboxylic acid groups (broad SMARTS) is 1. The summed E-state index contributed by atoms with van der Waals surface area (Å²) in [6, 6.07) is 7.67. The van der Waals surface area contributed by atoms with Crippen LogP contribution in [0.5, 0.6) is 5.88 Å². The number of carboxylic acids is 1. The average molecular weight is 559 g/mol. The van der Waals surface area contributed by atoms with Crippen LogP contribution >= 0.6 is 0 Å². The second-order valence-corrected chi connectivity index (χ2v) is 12.0. The van der Waals surface area contributed by atoms with Gasteiger partial charge in [0.2, 0.25) is 21.3 Å². The van der Waals surface area contributed by atoms with E-state index in [1.165, 1.54) is 6.20 Å². The van der Waals surface area contributed by atoms with Crippen molar-refractivity contribution < 1.29 is 27.4 Å². The van der Waals surface area contributed by atoms with Crippen molar-refractivity contribution in [2.75, 3.05) is 24.3 Å². The lowest BCUT2D eigenvalue weighted by atomic mass is 9.91. The third kappa shape index (κ3) is 5.91. The van der Waals surface area contributed by atoms with E-state index >= 15 is 4.39 Å². The zero-order valence-electron chi connectivity index (χ0n) is 21.5. The maximum Gasteiger partial charge on any atom is 0.341 e. The van der Waals surface area contributed by atoms with Crippen molar-refractivity contribution >= 4 is 32.6 Å². The Morgan fingerprint density at radius 2 is 1.97 bits per heavy atom. The third-order valence-electron chi connectivity index (χ3n) is 7.55. The third-order valence-corrected chi connectivity index (χ3v) is 8.31. The summed E-state index contributed by atoms with van der Waals surface area (Å²) in [6.07, 6.45) is 8.00. The molecular weight excluding hydrogens is 527 g/mol. The number of aromatic carboxylic acids is 1. The number of carbonyl (C=O) groups is 1. The van der Waals surface area contributed by atoms with Gasteiger partial charge in [-0.3, -0.25) is 4.79 Å². The van der Waals surface area contributed by atoms with Crippen LogP contribution in [0.2, 0.25) is 0 Å². The number of nitrogens with zero attached hydrogens (tertiary/aromatic N) is 3. The van der Waals surface area contributed by atoms with E-state index in [4.69, 9.17) is 4.74 Å². The minimum Gasteiger partial charge on any atom is -0.477 e. The minimum absolute atomic E-state index is 0.00742. The number of aromatic nitrogens is 2. The summed E-state index contributed by atoms with van der Waals surface area (Å²) in [5, 5.41) is 9.70. The van der Waals surface area contributed by atoms with E-state index in [0.29, 0.717) is 55.9 Å². The normalized spacial score (nSPS) is 21.8. The fraction of sp³-hybridized carbons (Fsp3) is 0.444. The molecule has 2 fully saturated rings. The summed E-state index contributed by atoms with van der Waals surface area (Å²) >= 11 is 0. The number of halogens is 1. The number of benzene rings is 1. The Kier molecular flexibility index (Phi) is 7.59. The predicted octanol–water partition coefficient (Wildman–Crippen LogP) is 3.31. The number of pyridine rings is 2. The van der Waals surface area contributed by atoms with Gasteiger partial charge in [-0.1, -0.05) is 6.07 Å². The van der Waals surface area contributed by atoms with E-state index < -0.39 is 32.8 Å². The Morgan fingerprint density at radius 1 is 1.21 bits per heavy atom. The van der Waals surface area contributed by atoms with Crippen LogP contribution in [-0.4, -0.2) is 60.5 Å². The monoisotopic (exact) mass is 558 g/mol. The fourth-order valence-electron chi connectivity index (χ4n) is 5.75. The molecule has 5 rings (SSSR count). The van der Waals surface area contributed by atoms with E-state index in [0.717, 1.165) is 25.2 Å². The topological polar surface area (TPSA) is 131 Å². The Hall–Kier alpha value is -3.51. The summed E-state index contributed by atoms with van der Waals surface area (Å²) in [5.41, 5.74) is -0.368. The zero-order valence-corrected chi connectivity index (χ0v) is 22.4. The quantitative estimate of drug-likeness (QED) is 0.431. The molecule has 1 saturated heterocycles. The van der Waals surface area contributed by atoms with Gasteiger partial charge in [0.05, 0.1) is 23.5 Å². The van der Waals surface area contributed by atoms with Crippen LogP contribution in [0.15, 0.2) is 47.5 Å². The number of ether oxygens (including phenoxy) is 1. The van der Waals surface area contributed by atoms with Crippen LogP contribution in [0.1, 0.15) is 54.9 Å². The first-order valence-electron chi connectivity index (χ1n) is 13.0. The summed E-state index contributed by atoms with van der Waals surface area (Å²) in [4.78, 5) is 31.0. The van der Waals surface area contributed by atoms with Gasteiger partial charge >= 0.3 is 5.97 Å². The molecule has 3 heterocycles. The van der Waals surface area contributed by atoms with Crippen LogP contribution in [0.4, 0.5) is 10.1 Å². The number of fused-ring (bicyclic) bond motifs is 1. The van der Waals surface area contributed by atoms with Crippen LogP contribution in [-0.2, 0) is 10.0 Å². The molecule has 2 N–H and O–H groups in total. The maximum absolute atomic E-state index is 15.5. The van der Waals surface area contributed by atoms with Gasteiger partial charge < -0.3 is 19.3 Å². The first-order chi connectivity index (χ1) is 18.6. The molecule has 3 aromatic rings. The Balaban J connectivity index is 1.49. The van der Waals surface area contributed by atoms with Crippen molar-refractivity contribution in [1.29, 1.82) is 0 Å². The molecule has 208 valence electrons. The zero-order chi connectivity index (χ0) is 27.7. The lowest BCUT2D eigenvalue weighted by molar-refractivity contribution is 0.0694. The summed E-state index contributed by atoms with van der Waals surface area (Å²) in [5.74, 6) is -1.49. The van der Waals surface area contributed by atoms with Gasteiger partial charge in [-0.2, -0.15) is 0 Å². The molecule has 12 heteroatoms. The van der Waals surface area contributed by atoms with Gasteiger partial charge in [-0.05, 0) is 56.7 Å². The highest BCUT2D eigenvalue weighted by molar-refractivity contribution is 7.88. The van der Waals surface area contributed by atoms with Crippen molar-refractivity contribution in [3.8, 4) is 5.88 Å². The lowest BCUT2D eigenvalue weighted by Gasteiger charge is -2.32. The maximum atomic E-state index is 15.5. The van der Waals surface area contributed by atoms with Gasteiger partial charge in [0.1, 0.15) is 18.0 Å². The number of nitrogens with one attached hydrogen (secondary N) is 1. The van der Waals surface area contributed by atoms with Crippen LogP contribution < -0.4 is 19.8 Å². The van der Waals surface area contributed by atoms with Crippen molar-refractivity contribution in [2.24, 2.45) is 0 Å². The van der Waals surface area contributed by atoms with E-state index in [1.54, 1.807) is 29.0 Å². The summed E-state index contributed by atoms with van der Waals surface area (Å²) < 4.78 is 49.1. The molecule has 0 spiro atoms. The van der Waals surface area contributed by atoms with Gasteiger partial charge in [0.15, 0.2) is 0 Å². The van der Waals surface area contributed by atoms with Crippen molar-refractivity contribution in [1.82, 2.24) is 14.3 Å². The highest BCUT2D eigenvalue weighted by atomic mass is 32.2. The predicted molar refractivity (Wildman–Crippen MR) is 144 cm³/mol. The molecule has 0 unspecified atom stereocenters. The molecule has 1 aliphatic carbocycles. The molecular formula is C27H31FN4O6S. The highest BCUT2D eigenvalue weighted by Crippen LogP contribution is 2.35. The molecule has 39 heavy (non-hydrogen) atoms. The van der Waals surface area contributed by atoms with E-state index in [9.17, 15) is 23.1 Å². The van der Waals surface area contributed by atoms with Crippen molar-refractivity contribution in [3.05, 3.63) is 64.3 Å². The minimum atomic E-state index is -3.35. The number of rotatable bonds is 8. The SMILES string of the molecule is CS(=O)(=O)NC1CCC(n2cc(C(=O)O)c(=O)c3cc(F)c(N4CCC[C@@H]4COc4ccccn4)cc32)CC1.